The number of hydrogen-bond donors (Lipinski definition) is 1. The van der Waals surface area contributed by atoms with Gasteiger partial charge in [-0.2, -0.15) is 5.10 Å². The molecular weight excluding hydrogens is 419 g/mol. The summed E-state index contributed by atoms with van der Waals surface area (Å²) in [5, 5.41) is 4.82. The van der Waals surface area contributed by atoms with Crippen molar-refractivity contribution >= 4 is 5.82 Å². The minimum Gasteiger partial charge on any atom is -0.482 e. The second-order valence-corrected chi connectivity index (χ2v) is 8.81. The van der Waals surface area contributed by atoms with Gasteiger partial charge < -0.3 is 15.0 Å². The number of hydrogen-bond acceptors (Lipinski definition) is 5. The molecule has 4 aromatic rings. The van der Waals surface area contributed by atoms with Gasteiger partial charge in [-0.05, 0) is 44.0 Å². The molecule has 0 saturated carbocycles. The van der Waals surface area contributed by atoms with E-state index in [1.165, 1.54) is 12.1 Å². The van der Waals surface area contributed by atoms with Crippen molar-refractivity contribution in [3.05, 3.63) is 65.1 Å². The van der Waals surface area contributed by atoms with E-state index >= 15 is 0 Å². The Morgan fingerprint density at radius 1 is 1.24 bits per heavy atom. The number of aromatic nitrogens is 5. The van der Waals surface area contributed by atoms with Crippen molar-refractivity contribution < 1.29 is 9.13 Å². The summed E-state index contributed by atoms with van der Waals surface area (Å²) in [5.41, 5.74) is 12.7. The summed E-state index contributed by atoms with van der Waals surface area (Å²) in [6, 6.07) is 6.80. The first-order chi connectivity index (χ1) is 15.9. The summed E-state index contributed by atoms with van der Waals surface area (Å²) in [4.78, 5) is 9.41. The van der Waals surface area contributed by atoms with Crippen LogP contribution in [0.15, 0.2) is 36.7 Å². The van der Waals surface area contributed by atoms with Crippen molar-refractivity contribution in [1.29, 1.82) is 0 Å². The molecule has 1 aromatic carbocycles. The lowest BCUT2D eigenvalue weighted by Crippen LogP contribution is -2.12. The predicted octanol–water partition coefficient (Wildman–Crippen LogP) is 4.62. The molecule has 0 amide bonds. The molecule has 2 aliphatic rings. The number of anilines is 1. The van der Waals surface area contributed by atoms with Crippen LogP contribution in [0.2, 0.25) is 0 Å². The molecule has 0 spiro atoms. The maximum atomic E-state index is 14.4. The predicted molar refractivity (Wildman–Crippen MR) is 123 cm³/mol. The number of imidazole rings is 1. The fourth-order valence-corrected chi connectivity index (χ4v) is 5.26. The minimum atomic E-state index is -0.459. The summed E-state index contributed by atoms with van der Waals surface area (Å²) >= 11 is 0. The van der Waals surface area contributed by atoms with Gasteiger partial charge in [-0.25, -0.2) is 14.4 Å². The molecule has 3 aromatic heterocycles. The van der Waals surface area contributed by atoms with E-state index < -0.39 is 6.10 Å². The molecule has 2 atom stereocenters. The zero-order valence-electron chi connectivity index (χ0n) is 18.8. The first-order valence-electron chi connectivity index (χ1n) is 11.3. The molecule has 0 unspecified atom stereocenters. The number of nitrogens with two attached hydrogens (primary N) is 1. The average molecular weight is 445 g/mol. The zero-order chi connectivity index (χ0) is 22.9. The van der Waals surface area contributed by atoms with Gasteiger partial charge in [-0.15, -0.1) is 0 Å². The third-order valence-corrected chi connectivity index (χ3v) is 6.73. The van der Waals surface area contributed by atoms with Crippen molar-refractivity contribution in [1.82, 2.24) is 24.3 Å². The molecule has 168 valence electrons. The lowest BCUT2D eigenvalue weighted by atomic mass is 9.94. The largest absolute Gasteiger partial charge is 0.482 e. The van der Waals surface area contributed by atoms with Crippen LogP contribution in [0.3, 0.4) is 0 Å². The number of nitrogens with zero attached hydrogens (tertiary/aromatic N) is 5. The van der Waals surface area contributed by atoms with Crippen LogP contribution < -0.4 is 10.5 Å². The maximum absolute atomic E-state index is 14.4. The fraction of sp³-hybridized carbons (Fsp3) is 0.320. The number of nitrogen functional groups attached to an aromatic ring is 1. The molecule has 0 radical (unpaired) electrons. The maximum Gasteiger partial charge on any atom is 0.166 e. The van der Waals surface area contributed by atoms with Crippen molar-refractivity contribution in [3.8, 4) is 28.3 Å². The standard InChI is InChI=1S/C25H25FN6O/c1-4-19-24-14-9-21(25(27)28-11-14)33-13(2)17-10-15(26)5-6-16(17)23-18(12-31(3)30-23)20-7-8-22(29-19)32(20)24/h5-6,9-13,20H,4,7-8H2,1-3H3,(H2,27,28)/t13-,20-/m1/s1. The summed E-state index contributed by atoms with van der Waals surface area (Å²) in [6.45, 7) is 4.01. The molecule has 2 aliphatic heterocycles. The van der Waals surface area contributed by atoms with Crippen molar-refractivity contribution in [3.63, 3.8) is 0 Å². The van der Waals surface area contributed by atoms with Crippen LogP contribution in [0.1, 0.15) is 55.1 Å². The second kappa shape index (κ2) is 7.16. The molecule has 0 aliphatic carbocycles. The van der Waals surface area contributed by atoms with Crippen LogP contribution in [0, 0.1) is 5.82 Å². The van der Waals surface area contributed by atoms with Gasteiger partial charge in [0.05, 0.1) is 23.1 Å². The number of halogens is 1. The highest BCUT2D eigenvalue weighted by atomic mass is 19.1. The molecule has 5 heterocycles. The van der Waals surface area contributed by atoms with E-state index in [4.69, 9.17) is 20.6 Å². The highest BCUT2D eigenvalue weighted by Crippen LogP contribution is 2.44. The molecule has 2 N–H and O–H groups in total. The lowest BCUT2D eigenvalue weighted by molar-refractivity contribution is 0.227. The fourth-order valence-electron chi connectivity index (χ4n) is 5.26. The molecule has 8 heteroatoms. The number of fused-ring (bicyclic) bond motifs is 7. The summed E-state index contributed by atoms with van der Waals surface area (Å²) in [6.07, 6.45) is 6.01. The third kappa shape index (κ3) is 2.97. The van der Waals surface area contributed by atoms with E-state index in [9.17, 15) is 4.39 Å². The SMILES string of the molecule is CCc1nc2n3c1-c1cnc(N)c(c1)O[C@H](C)c1cc(F)ccc1-c1nn(C)cc1[C@H]3CC2. The molecule has 6 rings (SSSR count). The van der Waals surface area contributed by atoms with Gasteiger partial charge in [0, 0.05) is 48.1 Å². The Bertz CT molecular complexity index is 1400. The van der Waals surface area contributed by atoms with Crippen molar-refractivity contribution in [2.24, 2.45) is 7.05 Å². The normalized spacial score (nSPS) is 18.5. The Kier molecular flexibility index (Phi) is 4.33. The summed E-state index contributed by atoms with van der Waals surface area (Å²) in [7, 11) is 1.92. The quantitative estimate of drug-likeness (QED) is 0.463. The smallest absolute Gasteiger partial charge is 0.166 e. The average Bonchev–Trinajstić information content (AvgIpc) is 3.47. The number of benzene rings is 1. The Labute approximate surface area is 191 Å². The molecule has 0 saturated heterocycles. The molecule has 2 bridgehead atoms. The number of aryl methyl sites for hydroxylation is 3. The Morgan fingerprint density at radius 2 is 2.09 bits per heavy atom. The Balaban J connectivity index is 1.70. The monoisotopic (exact) mass is 444 g/mol. The first-order valence-corrected chi connectivity index (χ1v) is 11.3. The summed E-state index contributed by atoms with van der Waals surface area (Å²) in [5.74, 6) is 1.52. The van der Waals surface area contributed by atoms with Gasteiger partial charge in [0.1, 0.15) is 17.7 Å². The van der Waals surface area contributed by atoms with Crippen LogP contribution in [0.25, 0.3) is 22.5 Å². The number of pyridine rings is 1. The first kappa shape index (κ1) is 20.0. The number of rotatable bonds is 1. The van der Waals surface area contributed by atoms with Crippen LogP contribution in [-0.4, -0.2) is 24.3 Å². The van der Waals surface area contributed by atoms with E-state index in [-0.39, 0.29) is 11.9 Å². The molecule has 0 fully saturated rings. The topological polar surface area (TPSA) is 83.8 Å². The van der Waals surface area contributed by atoms with Crippen LogP contribution >= 0.6 is 0 Å². The van der Waals surface area contributed by atoms with Crippen molar-refractivity contribution in [2.75, 3.05) is 5.73 Å². The van der Waals surface area contributed by atoms with Gasteiger partial charge in [0.25, 0.3) is 0 Å². The Hall–Kier alpha value is -3.68. The van der Waals surface area contributed by atoms with Crippen molar-refractivity contribution in [2.45, 2.75) is 45.3 Å². The zero-order valence-corrected chi connectivity index (χ0v) is 18.8. The van der Waals surface area contributed by atoms with Gasteiger partial charge in [0.15, 0.2) is 11.6 Å². The second-order valence-electron chi connectivity index (χ2n) is 8.81. The van der Waals surface area contributed by atoms with E-state index in [2.05, 4.69) is 22.7 Å². The van der Waals surface area contributed by atoms with Crippen LogP contribution in [0.4, 0.5) is 10.2 Å². The van der Waals surface area contributed by atoms with Gasteiger partial charge in [-0.1, -0.05) is 6.92 Å². The lowest BCUT2D eigenvalue weighted by Gasteiger charge is -2.23. The van der Waals surface area contributed by atoms with E-state index in [0.29, 0.717) is 11.6 Å². The highest BCUT2D eigenvalue weighted by Gasteiger charge is 2.34. The van der Waals surface area contributed by atoms with Crippen LogP contribution in [0.5, 0.6) is 5.75 Å². The molecule has 7 nitrogen and oxygen atoms in total. The van der Waals surface area contributed by atoms with E-state index in [0.717, 1.165) is 64.4 Å². The third-order valence-electron chi connectivity index (χ3n) is 6.73. The van der Waals surface area contributed by atoms with E-state index in [1.54, 1.807) is 12.3 Å². The minimum absolute atomic E-state index is 0.0704. The van der Waals surface area contributed by atoms with Gasteiger partial charge in [0.2, 0.25) is 0 Å². The highest BCUT2D eigenvalue weighted by molar-refractivity contribution is 5.71. The molecule has 33 heavy (non-hydrogen) atoms. The Morgan fingerprint density at radius 3 is 2.91 bits per heavy atom. The van der Waals surface area contributed by atoms with Gasteiger partial charge >= 0.3 is 0 Å². The number of ether oxygens (including phenoxy) is 1. The van der Waals surface area contributed by atoms with Gasteiger partial charge in [-0.3, -0.25) is 4.68 Å². The van der Waals surface area contributed by atoms with Crippen LogP contribution in [-0.2, 0) is 19.9 Å². The summed E-state index contributed by atoms with van der Waals surface area (Å²) < 4.78 is 24.8. The molecular formula is C25H25FN6O. The van der Waals surface area contributed by atoms with E-state index in [1.807, 2.05) is 24.7 Å².